The van der Waals surface area contributed by atoms with Crippen molar-refractivity contribution in [2.75, 3.05) is 17.8 Å². The summed E-state index contributed by atoms with van der Waals surface area (Å²) in [7, 11) is 0. The summed E-state index contributed by atoms with van der Waals surface area (Å²) in [6.45, 7) is 2.11. The molecule has 7 heteroatoms. The number of hydrazine groups is 1. The number of benzene rings is 2. The van der Waals surface area contributed by atoms with E-state index in [1.54, 1.807) is 19.1 Å². The van der Waals surface area contributed by atoms with Gasteiger partial charge in [-0.25, -0.2) is 15.6 Å². The molecule has 0 bridgehead atoms. The van der Waals surface area contributed by atoms with Crippen molar-refractivity contribution in [3.8, 4) is 11.1 Å². The van der Waals surface area contributed by atoms with Gasteiger partial charge in [0.1, 0.15) is 0 Å². The summed E-state index contributed by atoms with van der Waals surface area (Å²) < 4.78 is 5.04. The Morgan fingerprint density at radius 3 is 2.71 bits per heavy atom. The van der Waals surface area contributed by atoms with Crippen LogP contribution in [0.4, 0.5) is 11.8 Å². The average Bonchev–Trinajstić information content (AvgIpc) is 2.61. The molecule has 3 aromatic rings. The van der Waals surface area contributed by atoms with Crippen LogP contribution >= 0.6 is 0 Å². The molecule has 1 aromatic heterocycles. The molecule has 0 spiro atoms. The lowest BCUT2D eigenvalue weighted by molar-refractivity contribution is 0.0526. The minimum Gasteiger partial charge on any atom is -0.462 e. The predicted octanol–water partition coefficient (Wildman–Crippen LogP) is 2.34. The van der Waals surface area contributed by atoms with E-state index in [1.807, 2.05) is 30.3 Å². The van der Waals surface area contributed by atoms with Crippen LogP contribution in [-0.4, -0.2) is 22.5 Å². The molecule has 0 aliphatic rings. The van der Waals surface area contributed by atoms with E-state index in [2.05, 4.69) is 15.4 Å². The fourth-order valence-electron chi connectivity index (χ4n) is 2.48. The fourth-order valence-corrected chi connectivity index (χ4v) is 2.48. The first kappa shape index (κ1) is 15.7. The van der Waals surface area contributed by atoms with Gasteiger partial charge in [-0.2, -0.15) is 4.98 Å². The van der Waals surface area contributed by atoms with Crippen LogP contribution in [0.1, 0.15) is 17.3 Å². The maximum Gasteiger partial charge on any atom is 0.338 e. The van der Waals surface area contributed by atoms with Crippen molar-refractivity contribution >= 4 is 28.6 Å². The van der Waals surface area contributed by atoms with E-state index in [0.717, 1.165) is 16.5 Å². The first-order valence-corrected chi connectivity index (χ1v) is 7.44. The number of nitrogens with zero attached hydrogens (tertiary/aromatic N) is 2. The molecule has 0 unspecified atom stereocenters. The Labute approximate surface area is 138 Å². The Balaban J connectivity index is 2.08. The standard InChI is InChI=1S/C17H17N5O2/c1-2-24-16(23)12-5-3-4-10(8-12)11-6-7-14-13(9-11)15(22-19)21-17(18)20-14/h3-9H,2,19H2,1H3,(H3,18,20,21,22). The van der Waals surface area contributed by atoms with Crippen molar-refractivity contribution in [1.29, 1.82) is 0 Å². The molecule has 24 heavy (non-hydrogen) atoms. The monoisotopic (exact) mass is 323 g/mol. The van der Waals surface area contributed by atoms with Gasteiger partial charge >= 0.3 is 5.97 Å². The lowest BCUT2D eigenvalue weighted by Crippen LogP contribution is -2.11. The van der Waals surface area contributed by atoms with Crippen LogP contribution in [0.3, 0.4) is 0 Å². The van der Waals surface area contributed by atoms with Crippen LogP contribution in [0, 0.1) is 0 Å². The number of carbonyl (C=O) groups excluding carboxylic acids is 1. The molecule has 0 saturated heterocycles. The largest absolute Gasteiger partial charge is 0.462 e. The second-order valence-electron chi connectivity index (χ2n) is 5.11. The molecule has 0 radical (unpaired) electrons. The summed E-state index contributed by atoms with van der Waals surface area (Å²) in [6.07, 6.45) is 0. The average molecular weight is 323 g/mol. The van der Waals surface area contributed by atoms with Crippen molar-refractivity contribution in [3.05, 3.63) is 48.0 Å². The summed E-state index contributed by atoms with van der Waals surface area (Å²) in [6, 6.07) is 12.9. The summed E-state index contributed by atoms with van der Waals surface area (Å²) in [5, 5.41) is 0.741. The second-order valence-corrected chi connectivity index (χ2v) is 5.11. The van der Waals surface area contributed by atoms with Gasteiger partial charge in [0.05, 0.1) is 17.7 Å². The molecule has 7 nitrogen and oxygen atoms in total. The van der Waals surface area contributed by atoms with Gasteiger partial charge in [-0.15, -0.1) is 0 Å². The molecule has 0 aliphatic heterocycles. The Kier molecular flexibility index (Phi) is 4.26. The van der Waals surface area contributed by atoms with Gasteiger partial charge in [0.15, 0.2) is 5.82 Å². The molecular formula is C17H17N5O2. The van der Waals surface area contributed by atoms with Crippen LogP contribution in [0.15, 0.2) is 42.5 Å². The van der Waals surface area contributed by atoms with Crippen molar-refractivity contribution < 1.29 is 9.53 Å². The topological polar surface area (TPSA) is 116 Å². The van der Waals surface area contributed by atoms with Gasteiger partial charge in [0, 0.05) is 5.39 Å². The summed E-state index contributed by atoms with van der Waals surface area (Å²) in [4.78, 5) is 20.2. The maximum absolute atomic E-state index is 11.9. The van der Waals surface area contributed by atoms with Gasteiger partial charge < -0.3 is 15.9 Å². The summed E-state index contributed by atoms with van der Waals surface area (Å²) in [5.41, 5.74) is 11.2. The van der Waals surface area contributed by atoms with Gasteiger partial charge in [0.2, 0.25) is 5.95 Å². The molecule has 5 N–H and O–H groups in total. The van der Waals surface area contributed by atoms with Crippen molar-refractivity contribution in [2.45, 2.75) is 6.92 Å². The maximum atomic E-state index is 11.9. The molecule has 0 aliphatic carbocycles. The molecule has 3 rings (SSSR count). The third kappa shape index (κ3) is 2.97. The van der Waals surface area contributed by atoms with Crippen LogP contribution in [0.2, 0.25) is 0 Å². The Hall–Kier alpha value is -3.19. The second kappa shape index (κ2) is 6.51. The first-order valence-electron chi connectivity index (χ1n) is 7.44. The Morgan fingerprint density at radius 1 is 1.17 bits per heavy atom. The molecule has 0 saturated carbocycles. The first-order chi connectivity index (χ1) is 11.6. The van der Waals surface area contributed by atoms with E-state index >= 15 is 0 Å². The number of ether oxygens (including phenoxy) is 1. The van der Waals surface area contributed by atoms with Gasteiger partial charge in [-0.05, 0) is 42.3 Å². The number of carbonyl (C=O) groups is 1. The molecule has 0 amide bonds. The number of nitrogens with one attached hydrogen (secondary N) is 1. The van der Waals surface area contributed by atoms with E-state index in [1.165, 1.54) is 0 Å². The zero-order valence-corrected chi connectivity index (χ0v) is 13.1. The number of aromatic nitrogens is 2. The molecule has 0 atom stereocenters. The van der Waals surface area contributed by atoms with Crippen LogP contribution in [0.5, 0.6) is 0 Å². The van der Waals surface area contributed by atoms with E-state index in [-0.39, 0.29) is 11.9 Å². The number of fused-ring (bicyclic) bond motifs is 1. The van der Waals surface area contributed by atoms with E-state index < -0.39 is 0 Å². The SMILES string of the molecule is CCOC(=O)c1cccc(-c2ccc3nc(N)nc(NN)c3c2)c1. The molecule has 1 heterocycles. The normalized spacial score (nSPS) is 10.6. The van der Waals surface area contributed by atoms with Gasteiger partial charge in [-0.3, -0.25) is 0 Å². The summed E-state index contributed by atoms with van der Waals surface area (Å²) in [5.74, 6) is 5.76. The molecule has 2 aromatic carbocycles. The Bertz CT molecular complexity index is 911. The quantitative estimate of drug-likeness (QED) is 0.383. The van der Waals surface area contributed by atoms with Gasteiger partial charge in [0.25, 0.3) is 0 Å². The lowest BCUT2D eigenvalue weighted by Gasteiger charge is -2.09. The number of nitrogens with two attached hydrogens (primary N) is 2. The minimum absolute atomic E-state index is 0.146. The van der Waals surface area contributed by atoms with Crippen molar-refractivity contribution in [2.24, 2.45) is 5.84 Å². The number of rotatable bonds is 4. The van der Waals surface area contributed by atoms with Crippen molar-refractivity contribution in [1.82, 2.24) is 9.97 Å². The fraction of sp³-hybridized carbons (Fsp3) is 0.118. The van der Waals surface area contributed by atoms with E-state index in [9.17, 15) is 4.79 Å². The number of nitrogen functional groups attached to an aromatic ring is 2. The third-order valence-corrected chi connectivity index (χ3v) is 3.56. The molecule has 0 fully saturated rings. The highest BCUT2D eigenvalue weighted by Crippen LogP contribution is 2.28. The zero-order valence-electron chi connectivity index (χ0n) is 13.1. The van der Waals surface area contributed by atoms with E-state index in [0.29, 0.717) is 23.5 Å². The van der Waals surface area contributed by atoms with Crippen molar-refractivity contribution in [3.63, 3.8) is 0 Å². The zero-order chi connectivity index (χ0) is 17.1. The van der Waals surface area contributed by atoms with Crippen LogP contribution in [-0.2, 0) is 4.74 Å². The van der Waals surface area contributed by atoms with E-state index in [4.69, 9.17) is 16.3 Å². The predicted molar refractivity (Wildman–Crippen MR) is 93.2 cm³/mol. The molecular weight excluding hydrogens is 306 g/mol. The number of anilines is 2. The number of hydrogen-bond acceptors (Lipinski definition) is 7. The highest BCUT2D eigenvalue weighted by molar-refractivity contribution is 5.95. The van der Waals surface area contributed by atoms with Gasteiger partial charge in [-0.1, -0.05) is 18.2 Å². The number of hydrogen-bond donors (Lipinski definition) is 3. The van der Waals surface area contributed by atoms with Crippen LogP contribution in [0.25, 0.3) is 22.0 Å². The lowest BCUT2D eigenvalue weighted by atomic mass is 10.0. The van der Waals surface area contributed by atoms with Crippen LogP contribution < -0.4 is 17.0 Å². The molecule has 122 valence electrons. The Morgan fingerprint density at radius 2 is 1.96 bits per heavy atom. The highest BCUT2D eigenvalue weighted by Gasteiger charge is 2.10. The smallest absolute Gasteiger partial charge is 0.338 e. The summed E-state index contributed by atoms with van der Waals surface area (Å²) >= 11 is 0. The number of esters is 1. The third-order valence-electron chi connectivity index (χ3n) is 3.56. The highest BCUT2D eigenvalue weighted by atomic mass is 16.5. The minimum atomic E-state index is -0.347.